The Balaban J connectivity index is 1.30. The maximum Gasteiger partial charge on any atom is 0.118 e. The molecule has 3 nitrogen and oxygen atoms in total. The molecule has 1 unspecified atom stereocenters. The molecule has 0 amide bonds. The molecule has 0 bridgehead atoms. The zero-order chi connectivity index (χ0) is 17.1. The molecule has 25 heavy (non-hydrogen) atoms. The van der Waals surface area contributed by atoms with Gasteiger partial charge in [-0.25, -0.2) is 0 Å². The van der Waals surface area contributed by atoms with Crippen LogP contribution in [0.3, 0.4) is 0 Å². The molecule has 3 heteroatoms. The highest BCUT2D eigenvalue weighted by atomic mass is 16.5. The second-order valence-corrected chi connectivity index (χ2v) is 7.65. The highest BCUT2D eigenvalue weighted by Gasteiger charge is 2.32. The van der Waals surface area contributed by atoms with Crippen molar-refractivity contribution in [2.45, 2.75) is 38.4 Å². The summed E-state index contributed by atoms with van der Waals surface area (Å²) in [6.45, 7) is 6.31. The lowest BCUT2D eigenvalue weighted by molar-refractivity contribution is -0.972. The van der Waals surface area contributed by atoms with Crippen LogP contribution in [0.15, 0.2) is 48.5 Å². The summed E-state index contributed by atoms with van der Waals surface area (Å²) in [4.78, 5) is 3.56. The topological polar surface area (TPSA) is 18.1 Å². The van der Waals surface area contributed by atoms with Crippen LogP contribution in [0.5, 0.6) is 5.75 Å². The number of ether oxygens (including phenoxy) is 1. The van der Waals surface area contributed by atoms with Crippen molar-refractivity contribution in [3.05, 3.63) is 65.2 Å². The molecule has 0 saturated carbocycles. The van der Waals surface area contributed by atoms with Crippen LogP contribution >= 0.6 is 0 Å². The Morgan fingerprint density at radius 3 is 2.36 bits per heavy atom. The second-order valence-electron chi connectivity index (χ2n) is 7.65. The first-order valence-electron chi connectivity index (χ1n) is 9.69. The van der Waals surface area contributed by atoms with Gasteiger partial charge in [-0.1, -0.05) is 24.3 Å². The minimum Gasteiger partial charge on any atom is -0.497 e. The smallest absolute Gasteiger partial charge is 0.118 e. The molecular weight excluding hydrogens is 308 g/mol. The molecule has 0 spiro atoms. The highest BCUT2D eigenvalue weighted by Crippen LogP contribution is 2.13. The van der Waals surface area contributed by atoms with E-state index < -0.39 is 0 Å². The van der Waals surface area contributed by atoms with E-state index in [2.05, 4.69) is 48.5 Å². The van der Waals surface area contributed by atoms with Gasteiger partial charge in [0.2, 0.25) is 0 Å². The average Bonchev–Trinajstić information content (AvgIpc) is 2.69. The van der Waals surface area contributed by atoms with Crippen LogP contribution in [-0.2, 0) is 19.5 Å². The van der Waals surface area contributed by atoms with Gasteiger partial charge in [0.15, 0.2) is 0 Å². The van der Waals surface area contributed by atoms with Crippen molar-refractivity contribution in [3.8, 4) is 5.75 Å². The summed E-state index contributed by atoms with van der Waals surface area (Å²) >= 11 is 0. The van der Waals surface area contributed by atoms with Crippen molar-refractivity contribution in [1.29, 1.82) is 0 Å². The Morgan fingerprint density at radius 2 is 1.64 bits per heavy atom. The van der Waals surface area contributed by atoms with Gasteiger partial charge in [-0.15, -0.1) is 0 Å². The van der Waals surface area contributed by atoms with E-state index in [9.17, 15) is 0 Å². The fourth-order valence-corrected chi connectivity index (χ4v) is 4.59. The van der Waals surface area contributed by atoms with Gasteiger partial charge >= 0.3 is 0 Å². The first-order valence-corrected chi connectivity index (χ1v) is 9.69. The Kier molecular flexibility index (Phi) is 5.04. The van der Waals surface area contributed by atoms with E-state index in [1.54, 1.807) is 23.1 Å². The van der Waals surface area contributed by atoms with Gasteiger partial charge < -0.3 is 14.5 Å². The fourth-order valence-electron chi connectivity index (χ4n) is 4.59. The quantitative estimate of drug-likeness (QED) is 0.847. The van der Waals surface area contributed by atoms with Gasteiger partial charge in [-0.05, 0) is 29.8 Å². The lowest BCUT2D eigenvalue weighted by Crippen LogP contribution is -3.20. The molecule has 132 valence electrons. The monoisotopic (exact) mass is 338 g/mol. The van der Waals surface area contributed by atoms with Crippen LogP contribution in [0.1, 0.15) is 29.5 Å². The molecule has 0 aromatic heterocycles. The molecule has 4 rings (SSSR count). The Hall–Kier alpha value is -1.84. The maximum absolute atomic E-state index is 5.26. The summed E-state index contributed by atoms with van der Waals surface area (Å²) in [6.07, 6.45) is 3.98. The molecular formula is C22H30N2O+2. The highest BCUT2D eigenvalue weighted by molar-refractivity contribution is 5.27. The third kappa shape index (κ3) is 3.88. The van der Waals surface area contributed by atoms with Crippen molar-refractivity contribution in [3.63, 3.8) is 0 Å². The van der Waals surface area contributed by atoms with Crippen molar-refractivity contribution in [1.82, 2.24) is 0 Å². The number of quaternary nitrogens is 2. The summed E-state index contributed by atoms with van der Waals surface area (Å²) in [5.74, 6) is 0.950. The van der Waals surface area contributed by atoms with E-state index in [0.717, 1.165) is 18.3 Å². The number of nitrogens with one attached hydrogen (secondary N) is 2. The van der Waals surface area contributed by atoms with Crippen molar-refractivity contribution in [2.24, 2.45) is 0 Å². The third-order valence-corrected chi connectivity index (χ3v) is 6.13. The molecule has 2 N–H and O–H groups in total. The normalized spacial score (nSPS) is 26.0. The fraction of sp³-hybridized carbons (Fsp3) is 0.455. The van der Waals surface area contributed by atoms with Crippen LogP contribution in [-0.4, -0.2) is 32.8 Å². The average molecular weight is 338 g/mol. The van der Waals surface area contributed by atoms with E-state index >= 15 is 0 Å². The van der Waals surface area contributed by atoms with E-state index in [-0.39, 0.29) is 0 Å². The molecule has 1 saturated heterocycles. The zero-order valence-electron chi connectivity index (χ0n) is 15.3. The number of benzene rings is 2. The lowest BCUT2D eigenvalue weighted by Gasteiger charge is -2.36. The largest absolute Gasteiger partial charge is 0.497 e. The summed E-state index contributed by atoms with van der Waals surface area (Å²) < 4.78 is 5.26. The van der Waals surface area contributed by atoms with Crippen LogP contribution in [0.25, 0.3) is 0 Å². The predicted octanol–water partition coefficient (Wildman–Crippen LogP) is 0.884. The maximum atomic E-state index is 5.26. The minimum atomic E-state index is 0.855. The van der Waals surface area contributed by atoms with Crippen LogP contribution in [0.2, 0.25) is 0 Å². The van der Waals surface area contributed by atoms with Crippen LogP contribution < -0.4 is 14.5 Å². The van der Waals surface area contributed by atoms with Gasteiger partial charge in [-0.2, -0.15) is 0 Å². The van der Waals surface area contributed by atoms with Gasteiger partial charge in [0, 0.05) is 30.4 Å². The molecule has 2 aromatic rings. The van der Waals surface area contributed by atoms with Crippen LogP contribution in [0, 0.1) is 0 Å². The predicted molar refractivity (Wildman–Crippen MR) is 100 cm³/mol. The first kappa shape index (κ1) is 16.6. The number of methoxy groups -OCH3 is 1. The summed E-state index contributed by atoms with van der Waals surface area (Å²) in [5.41, 5.74) is 4.58. The third-order valence-electron chi connectivity index (χ3n) is 6.13. The van der Waals surface area contributed by atoms with E-state index in [4.69, 9.17) is 4.74 Å². The number of hydrogen-bond acceptors (Lipinski definition) is 1. The summed E-state index contributed by atoms with van der Waals surface area (Å²) in [6, 6.07) is 18.5. The van der Waals surface area contributed by atoms with Crippen molar-refractivity contribution in [2.75, 3.05) is 26.7 Å². The first-order chi connectivity index (χ1) is 12.3. The van der Waals surface area contributed by atoms with Gasteiger partial charge in [-0.3, -0.25) is 0 Å². The Labute approximate surface area is 151 Å². The number of likely N-dealkylation sites (tertiary alicyclic amines) is 1. The van der Waals surface area contributed by atoms with Crippen molar-refractivity contribution < 1.29 is 14.5 Å². The molecule has 1 atom stereocenters. The summed E-state index contributed by atoms with van der Waals surface area (Å²) in [7, 11) is 1.73. The lowest BCUT2D eigenvalue weighted by atomic mass is 9.95. The molecule has 0 aliphatic carbocycles. The minimum absolute atomic E-state index is 0.855. The number of hydrogen-bond donors (Lipinski definition) is 2. The Morgan fingerprint density at radius 1 is 0.920 bits per heavy atom. The molecule has 2 aliphatic rings. The van der Waals surface area contributed by atoms with Gasteiger partial charge in [0.1, 0.15) is 18.8 Å². The Bertz CT molecular complexity index is 689. The number of fused-ring (bicyclic) bond motifs is 1. The molecule has 2 aromatic carbocycles. The SMILES string of the molecule is COc1ccc(C[NH+]2CCC([NH+]3CCc4ccccc4C3)CC2)cc1. The van der Waals surface area contributed by atoms with Gasteiger partial charge in [0.25, 0.3) is 0 Å². The zero-order valence-corrected chi connectivity index (χ0v) is 15.3. The summed E-state index contributed by atoms with van der Waals surface area (Å²) in [5, 5.41) is 0. The molecule has 2 heterocycles. The second kappa shape index (κ2) is 7.59. The number of piperidine rings is 1. The van der Waals surface area contributed by atoms with Crippen molar-refractivity contribution >= 4 is 0 Å². The van der Waals surface area contributed by atoms with Gasteiger partial charge in [0.05, 0.1) is 32.8 Å². The van der Waals surface area contributed by atoms with E-state index in [1.165, 1.54) is 51.0 Å². The molecule has 1 fully saturated rings. The van der Waals surface area contributed by atoms with Crippen LogP contribution in [0.4, 0.5) is 0 Å². The standard InChI is InChI=1S/C22H28N2O/c1-25-22-8-6-18(7-9-22)16-23-13-11-21(12-14-23)24-15-10-19-4-2-3-5-20(19)17-24/h2-9,21H,10-17H2,1H3/p+2. The van der Waals surface area contributed by atoms with E-state index in [1.807, 2.05) is 4.90 Å². The number of rotatable bonds is 4. The molecule has 2 aliphatic heterocycles. The molecule has 0 radical (unpaired) electrons. The van der Waals surface area contributed by atoms with E-state index in [0.29, 0.717) is 0 Å².